The second kappa shape index (κ2) is 11.1. The Bertz CT molecular complexity index is 920. The van der Waals surface area contributed by atoms with Gasteiger partial charge >= 0.3 is 6.03 Å². The Hall–Kier alpha value is -2.44. The highest BCUT2D eigenvalue weighted by atomic mass is 35.5. The van der Waals surface area contributed by atoms with E-state index in [1.54, 1.807) is 7.11 Å². The van der Waals surface area contributed by atoms with Crippen LogP contribution in [0.5, 0.6) is 5.75 Å². The van der Waals surface area contributed by atoms with Crippen molar-refractivity contribution in [3.05, 3.63) is 53.1 Å². The molecule has 0 spiro atoms. The maximum atomic E-state index is 13.0. The number of carbonyl (C=O) groups excluding carboxylic acids is 1. The minimum Gasteiger partial charge on any atom is -0.496 e. The Kier molecular flexibility index (Phi) is 7.99. The number of likely N-dealkylation sites (tertiary alicyclic amines) is 1. The Labute approximate surface area is 202 Å². The zero-order valence-electron chi connectivity index (χ0n) is 19.7. The predicted octanol–water partition coefficient (Wildman–Crippen LogP) is 5.29. The van der Waals surface area contributed by atoms with Crippen LogP contribution in [-0.2, 0) is 0 Å². The number of hydrogen-bond donors (Lipinski definition) is 1. The molecule has 178 valence electrons. The van der Waals surface area contributed by atoms with E-state index in [1.165, 1.54) is 18.5 Å². The molecule has 1 N–H and O–H groups in total. The number of carbonyl (C=O) groups is 1. The molecular formula is C26H35ClN4O2. The molecule has 0 saturated carbocycles. The summed E-state index contributed by atoms with van der Waals surface area (Å²) in [5.74, 6) is 1.38. The summed E-state index contributed by atoms with van der Waals surface area (Å²) in [7, 11) is 1.73. The van der Waals surface area contributed by atoms with E-state index >= 15 is 0 Å². The van der Waals surface area contributed by atoms with Gasteiger partial charge in [0, 0.05) is 42.6 Å². The number of hydrogen-bond acceptors (Lipinski definition) is 4. The quantitative estimate of drug-likeness (QED) is 0.623. The number of rotatable bonds is 6. The van der Waals surface area contributed by atoms with Crippen LogP contribution in [0.25, 0.3) is 0 Å². The molecule has 2 aromatic carbocycles. The number of urea groups is 1. The van der Waals surface area contributed by atoms with Crippen LogP contribution in [0.3, 0.4) is 0 Å². The fraction of sp³-hybridized carbons (Fsp3) is 0.500. The molecule has 33 heavy (non-hydrogen) atoms. The first-order chi connectivity index (χ1) is 16.1. The topological polar surface area (TPSA) is 48.1 Å². The molecule has 2 aromatic rings. The molecule has 6 nitrogen and oxygen atoms in total. The molecule has 0 radical (unpaired) electrons. The average molecular weight is 471 g/mol. The standard InChI is InChI=1S/C26H35ClN4O2/c1-3-12-29-13-10-20(11-14-29)24-19-22(6-9-25(24)33-2)28-26(32)31-17-15-30(16-18-31)23-7-4-21(27)5-8-23/h4-9,19-20H,3,10-18H2,1-2H3,(H,28,32). The molecule has 2 saturated heterocycles. The molecule has 0 aromatic heterocycles. The lowest BCUT2D eigenvalue weighted by atomic mass is 9.88. The smallest absolute Gasteiger partial charge is 0.321 e. The van der Waals surface area contributed by atoms with Gasteiger partial charge in [-0.2, -0.15) is 0 Å². The Morgan fingerprint density at radius 3 is 2.36 bits per heavy atom. The van der Waals surface area contributed by atoms with Crippen molar-refractivity contribution in [2.45, 2.75) is 32.1 Å². The van der Waals surface area contributed by atoms with Gasteiger partial charge in [0.1, 0.15) is 5.75 Å². The van der Waals surface area contributed by atoms with Gasteiger partial charge in [-0.15, -0.1) is 0 Å². The van der Waals surface area contributed by atoms with Crippen LogP contribution in [0.4, 0.5) is 16.2 Å². The molecule has 0 unspecified atom stereocenters. The lowest BCUT2D eigenvalue weighted by Crippen LogP contribution is -2.50. The third-order valence-corrected chi connectivity index (χ3v) is 7.06. The molecule has 0 aliphatic carbocycles. The van der Waals surface area contributed by atoms with E-state index < -0.39 is 0 Å². The van der Waals surface area contributed by atoms with E-state index in [1.807, 2.05) is 41.3 Å². The van der Waals surface area contributed by atoms with Gasteiger partial charge in [0.15, 0.2) is 0 Å². The zero-order chi connectivity index (χ0) is 23.2. The summed E-state index contributed by atoms with van der Waals surface area (Å²) in [6, 6.07) is 13.9. The van der Waals surface area contributed by atoms with Crippen molar-refractivity contribution in [2.75, 3.05) is 63.1 Å². The van der Waals surface area contributed by atoms with Crippen molar-refractivity contribution < 1.29 is 9.53 Å². The van der Waals surface area contributed by atoms with Gasteiger partial charge in [-0.25, -0.2) is 4.79 Å². The number of methoxy groups -OCH3 is 1. The van der Waals surface area contributed by atoms with Gasteiger partial charge < -0.3 is 24.8 Å². The van der Waals surface area contributed by atoms with Crippen molar-refractivity contribution in [3.8, 4) is 5.75 Å². The van der Waals surface area contributed by atoms with E-state index in [0.717, 1.165) is 61.2 Å². The largest absolute Gasteiger partial charge is 0.496 e. The first kappa shape index (κ1) is 23.7. The lowest BCUT2D eigenvalue weighted by Gasteiger charge is -2.36. The van der Waals surface area contributed by atoms with Crippen LogP contribution in [0.2, 0.25) is 5.02 Å². The van der Waals surface area contributed by atoms with E-state index in [-0.39, 0.29) is 6.03 Å². The fourth-order valence-corrected chi connectivity index (χ4v) is 5.06. The van der Waals surface area contributed by atoms with Crippen LogP contribution in [-0.4, -0.2) is 68.8 Å². The van der Waals surface area contributed by atoms with Crippen LogP contribution < -0.4 is 15.0 Å². The molecule has 2 amide bonds. The first-order valence-corrected chi connectivity index (χ1v) is 12.4. The number of amides is 2. The molecule has 7 heteroatoms. The van der Waals surface area contributed by atoms with E-state index in [4.69, 9.17) is 16.3 Å². The van der Waals surface area contributed by atoms with E-state index in [2.05, 4.69) is 28.1 Å². The number of halogens is 1. The monoisotopic (exact) mass is 470 g/mol. The highest BCUT2D eigenvalue weighted by Crippen LogP contribution is 2.36. The van der Waals surface area contributed by atoms with Crippen LogP contribution in [0, 0.1) is 0 Å². The van der Waals surface area contributed by atoms with Gasteiger partial charge in [0.05, 0.1) is 7.11 Å². The maximum absolute atomic E-state index is 13.0. The minimum absolute atomic E-state index is 0.0420. The third-order valence-electron chi connectivity index (χ3n) is 6.81. The number of nitrogens with zero attached hydrogens (tertiary/aromatic N) is 3. The van der Waals surface area contributed by atoms with Gasteiger partial charge in [-0.05, 0) is 92.8 Å². The summed E-state index contributed by atoms with van der Waals surface area (Å²) in [5, 5.41) is 3.86. The van der Waals surface area contributed by atoms with Gasteiger partial charge in [-0.1, -0.05) is 18.5 Å². The van der Waals surface area contributed by atoms with Crippen LogP contribution >= 0.6 is 11.6 Å². The number of anilines is 2. The Morgan fingerprint density at radius 1 is 1.03 bits per heavy atom. The molecule has 2 fully saturated rings. The molecule has 2 aliphatic rings. The summed E-state index contributed by atoms with van der Waals surface area (Å²) in [6.07, 6.45) is 3.45. The van der Waals surface area contributed by atoms with Gasteiger partial charge in [-0.3, -0.25) is 0 Å². The maximum Gasteiger partial charge on any atom is 0.321 e. The summed E-state index contributed by atoms with van der Waals surface area (Å²) in [5.41, 5.74) is 3.19. The SMILES string of the molecule is CCCN1CCC(c2cc(NC(=O)N3CCN(c4ccc(Cl)cc4)CC3)ccc2OC)CC1. The van der Waals surface area contributed by atoms with Crippen molar-refractivity contribution in [1.82, 2.24) is 9.80 Å². The van der Waals surface area contributed by atoms with E-state index in [0.29, 0.717) is 19.0 Å². The number of ether oxygens (including phenoxy) is 1. The van der Waals surface area contributed by atoms with Gasteiger partial charge in [0.2, 0.25) is 0 Å². The summed E-state index contributed by atoms with van der Waals surface area (Å²) >= 11 is 6.00. The second-order valence-electron chi connectivity index (χ2n) is 8.95. The molecule has 0 atom stereocenters. The Balaban J connectivity index is 1.35. The number of piperazine rings is 1. The number of nitrogens with one attached hydrogen (secondary N) is 1. The highest BCUT2D eigenvalue weighted by molar-refractivity contribution is 6.30. The summed E-state index contributed by atoms with van der Waals surface area (Å²) < 4.78 is 5.66. The molecular weight excluding hydrogens is 436 g/mol. The zero-order valence-corrected chi connectivity index (χ0v) is 20.5. The van der Waals surface area contributed by atoms with Gasteiger partial charge in [0.25, 0.3) is 0 Å². The molecule has 4 rings (SSSR count). The second-order valence-corrected chi connectivity index (χ2v) is 9.39. The van der Waals surface area contributed by atoms with E-state index in [9.17, 15) is 4.79 Å². The van der Waals surface area contributed by atoms with Crippen molar-refractivity contribution in [3.63, 3.8) is 0 Å². The van der Waals surface area contributed by atoms with Crippen LogP contribution in [0.15, 0.2) is 42.5 Å². The average Bonchev–Trinajstić information content (AvgIpc) is 2.85. The number of piperidine rings is 1. The Morgan fingerprint density at radius 2 is 1.73 bits per heavy atom. The lowest BCUT2D eigenvalue weighted by molar-refractivity contribution is 0.208. The predicted molar refractivity (Wildman–Crippen MR) is 136 cm³/mol. The first-order valence-electron chi connectivity index (χ1n) is 12.0. The number of benzene rings is 2. The highest BCUT2D eigenvalue weighted by Gasteiger charge is 2.25. The summed E-state index contributed by atoms with van der Waals surface area (Å²) in [6.45, 7) is 8.63. The third kappa shape index (κ3) is 5.92. The molecule has 2 heterocycles. The minimum atomic E-state index is -0.0420. The normalized spacial score (nSPS) is 17.8. The fourth-order valence-electron chi connectivity index (χ4n) is 4.94. The van der Waals surface area contributed by atoms with Crippen molar-refractivity contribution in [2.24, 2.45) is 0 Å². The van der Waals surface area contributed by atoms with Crippen LogP contribution in [0.1, 0.15) is 37.7 Å². The molecule has 0 bridgehead atoms. The van der Waals surface area contributed by atoms with Crippen molar-refractivity contribution >= 4 is 29.0 Å². The molecule has 2 aliphatic heterocycles. The van der Waals surface area contributed by atoms with Crippen molar-refractivity contribution in [1.29, 1.82) is 0 Å². The summed E-state index contributed by atoms with van der Waals surface area (Å²) in [4.78, 5) is 19.7.